The van der Waals surface area contributed by atoms with Gasteiger partial charge in [0.15, 0.2) is 0 Å². The zero-order valence-corrected chi connectivity index (χ0v) is 15.0. The number of hydrogen-bond acceptors (Lipinski definition) is 3. The van der Waals surface area contributed by atoms with Crippen LogP contribution in [-0.2, 0) is 4.79 Å². The van der Waals surface area contributed by atoms with Crippen LogP contribution in [0.15, 0.2) is 54.6 Å². The largest absolute Gasteiger partial charge is 0.376 e. The number of hydrogen-bond donors (Lipinski definition) is 2. The minimum atomic E-state index is -0.0776. The van der Waals surface area contributed by atoms with E-state index in [-0.39, 0.29) is 24.4 Å². The predicted molar refractivity (Wildman–Crippen MR) is 102 cm³/mol. The van der Waals surface area contributed by atoms with Crippen LogP contribution in [0, 0.1) is 0 Å². The zero-order chi connectivity index (χ0) is 18.2. The second-order valence-electron chi connectivity index (χ2n) is 6.04. The number of nitrogens with one attached hydrogen (secondary N) is 2. The van der Waals surface area contributed by atoms with Gasteiger partial charge in [-0.15, -0.1) is 0 Å². The van der Waals surface area contributed by atoms with Gasteiger partial charge in [-0.3, -0.25) is 9.59 Å². The molecule has 0 bridgehead atoms. The van der Waals surface area contributed by atoms with Crippen LogP contribution in [0.25, 0.3) is 0 Å². The molecule has 0 unspecified atom stereocenters. The van der Waals surface area contributed by atoms with Crippen molar-refractivity contribution in [3.05, 3.63) is 60.2 Å². The normalized spacial score (nSPS) is 10.4. The molecule has 0 spiro atoms. The molecule has 0 aliphatic heterocycles. The smallest absolute Gasteiger partial charge is 0.258 e. The first-order chi connectivity index (χ1) is 12.0. The van der Waals surface area contributed by atoms with Gasteiger partial charge in [-0.25, -0.2) is 0 Å². The monoisotopic (exact) mass is 339 g/mol. The van der Waals surface area contributed by atoms with Gasteiger partial charge < -0.3 is 15.5 Å². The van der Waals surface area contributed by atoms with E-state index >= 15 is 0 Å². The first-order valence-electron chi connectivity index (χ1n) is 8.51. The number of carbonyl (C=O) groups excluding carboxylic acids is 2. The molecule has 0 saturated carbocycles. The van der Waals surface area contributed by atoms with Crippen molar-refractivity contribution in [1.82, 2.24) is 5.32 Å². The number of benzene rings is 2. The van der Waals surface area contributed by atoms with Gasteiger partial charge in [0.25, 0.3) is 5.91 Å². The molecule has 0 radical (unpaired) electrons. The third-order valence-corrected chi connectivity index (χ3v) is 3.64. The number of rotatable bonds is 7. The fraction of sp³-hybridized carbons (Fsp3) is 0.300. The zero-order valence-electron chi connectivity index (χ0n) is 15.0. The molecular formula is C20H25N3O2. The fourth-order valence-corrected chi connectivity index (χ4v) is 2.52. The van der Waals surface area contributed by atoms with E-state index in [2.05, 4.69) is 10.6 Å². The average molecular weight is 339 g/mol. The average Bonchev–Trinajstić information content (AvgIpc) is 2.61. The second kappa shape index (κ2) is 8.87. The molecule has 5 heteroatoms. The van der Waals surface area contributed by atoms with E-state index in [1.165, 1.54) is 0 Å². The molecule has 0 atom stereocenters. The molecule has 2 amide bonds. The van der Waals surface area contributed by atoms with E-state index in [0.717, 1.165) is 11.4 Å². The summed E-state index contributed by atoms with van der Waals surface area (Å²) < 4.78 is 0. The molecule has 0 aliphatic carbocycles. The first-order valence-corrected chi connectivity index (χ1v) is 8.51. The van der Waals surface area contributed by atoms with Crippen molar-refractivity contribution in [3.8, 4) is 0 Å². The minimum Gasteiger partial charge on any atom is -0.376 e. The molecule has 0 fully saturated rings. The maximum absolute atomic E-state index is 12.8. The molecule has 132 valence electrons. The van der Waals surface area contributed by atoms with Gasteiger partial charge >= 0.3 is 0 Å². The number of anilines is 2. The molecule has 5 nitrogen and oxygen atoms in total. The highest BCUT2D eigenvalue weighted by atomic mass is 16.2. The molecule has 0 saturated heterocycles. The van der Waals surface area contributed by atoms with Crippen LogP contribution in [0.3, 0.4) is 0 Å². The Balaban J connectivity index is 2.09. The summed E-state index contributed by atoms with van der Waals surface area (Å²) in [5, 5.41) is 5.88. The van der Waals surface area contributed by atoms with Gasteiger partial charge in [-0.05, 0) is 51.1 Å². The van der Waals surface area contributed by atoms with Gasteiger partial charge in [0.2, 0.25) is 5.91 Å². The predicted octanol–water partition coefficient (Wildman–Crippen LogP) is 3.29. The Hall–Kier alpha value is -2.82. The fourth-order valence-electron chi connectivity index (χ4n) is 2.52. The van der Waals surface area contributed by atoms with Crippen LogP contribution >= 0.6 is 0 Å². The third-order valence-electron chi connectivity index (χ3n) is 3.64. The lowest BCUT2D eigenvalue weighted by Gasteiger charge is -2.21. The lowest BCUT2D eigenvalue weighted by molar-refractivity contribution is -0.119. The molecular weight excluding hydrogens is 314 g/mol. The summed E-state index contributed by atoms with van der Waals surface area (Å²) in [5.74, 6) is -0.143. The van der Waals surface area contributed by atoms with E-state index in [1.807, 2.05) is 63.2 Å². The summed E-state index contributed by atoms with van der Waals surface area (Å²) in [6, 6.07) is 16.9. The molecule has 2 rings (SSSR count). The van der Waals surface area contributed by atoms with Crippen LogP contribution in [0.5, 0.6) is 0 Å². The first kappa shape index (κ1) is 18.5. The Morgan fingerprint density at radius 3 is 2.40 bits per heavy atom. The molecule has 0 heterocycles. The molecule has 2 aromatic carbocycles. The van der Waals surface area contributed by atoms with Crippen molar-refractivity contribution in [2.45, 2.75) is 26.8 Å². The second-order valence-corrected chi connectivity index (χ2v) is 6.04. The van der Waals surface area contributed by atoms with Crippen LogP contribution in [0.4, 0.5) is 11.4 Å². The highest BCUT2D eigenvalue weighted by molar-refractivity contribution is 6.06. The van der Waals surface area contributed by atoms with E-state index in [1.54, 1.807) is 17.0 Å². The molecule has 2 aromatic rings. The maximum atomic E-state index is 12.8. The van der Waals surface area contributed by atoms with Gasteiger partial charge in [0.1, 0.15) is 0 Å². The van der Waals surface area contributed by atoms with Gasteiger partial charge in [0.05, 0.1) is 6.54 Å². The summed E-state index contributed by atoms with van der Waals surface area (Å²) in [7, 11) is 0. The Kier molecular flexibility index (Phi) is 6.57. The minimum absolute atomic E-state index is 0.0658. The molecule has 2 N–H and O–H groups in total. The Bertz CT molecular complexity index is 714. The number of para-hydroxylation sites is 1. The Morgan fingerprint density at radius 2 is 1.76 bits per heavy atom. The number of amides is 2. The SMILES string of the molecule is CCN(C(=O)c1cccc(NCC(=O)NC(C)C)c1)c1ccccc1. The third kappa shape index (κ3) is 5.35. The molecule has 0 aromatic heterocycles. The summed E-state index contributed by atoms with van der Waals surface area (Å²) in [5.41, 5.74) is 2.19. The Morgan fingerprint density at radius 1 is 1.04 bits per heavy atom. The van der Waals surface area contributed by atoms with E-state index in [0.29, 0.717) is 12.1 Å². The van der Waals surface area contributed by atoms with Crippen molar-refractivity contribution < 1.29 is 9.59 Å². The van der Waals surface area contributed by atoms with Crippen LogP contribution in [0.1, 0.15) is 31.1 Å². The maximum Gasteiger partial charge on any atom is 0.258 e. The van der Waals surface area contributed by atoms with E-state index < -0.39 is 0 Å². The van der Waals surface area contributed by atoms with Crippen LogP contribution in [0.2, 0.25) is 0 Å². The summed E-state index contributed by atoms with van der Waals surface area (Å²) >= 11 is 0. The summed E-state index contributed by atoms with van der Waals surface area (Å²) in [6.07, 6.45) is 0. The lowest BCUT2D eigenvalue weighted by atomic mass is 10.1. The number of carbonyl (C=O) groups is 2. The van der Waals surface area contributed by atoms with Crippen LogP contribution < -0.4 is 15.5 Å². The lowest BCUT2D eigenvalue weighted by Crippen LogP contribution is -2.35. The van der Waals surface area contributed by atoms with Gasteiger partial charge in [-0.1, -0.05) is 24.3 Å². The highest BCUT2D eigenvalue weighted by Crippen LogP contribution is 2.18. The number of nitrogens with zero attached hydrogens (tertiary/aromatic N) is 1. The molecule has 25 heavy (non-hydrogen) atoms. The van der Waals surface area contributed by atoms with Gasteiger partial charge in [0, 0.05) is 29.5 Å². The van der Waals surface area contributed by atoms with Crippen molar-refractivity contribution in [2.75, 3.05) is 23.3 Å². The van der Waals surface area contributed by atoms with Crippen molar-refractivity contribution in [2.24, 2.45) is 0 Å². The van der Waals surface area contributed by atoms with Crippen molar-refractivity contribution in [1.29, 1.82) is 0 Å². The van der Waals surface area contributed by atoms with Crippen molar-refractivity contribution >= 4 is 23.2 Å². The summed E-state index contributed by atoms with van der Waals surface area (Å²) in [6.45, 7) is 6.53. The molecule has 0 aliphatic rings. The van der Waals surface area contributed by atoms with Gasteiger partial charge in [-0.2, -0.15) is 0 Å². The quantitative estimate of drug-likeness (QED) is 0.814. The van der Waals surface area contributed by atoms with E-state index in [4.69, 9.17) is 0 Å². The topological polar surface area (TPSA) is 61.4 Å². The Labute approximate surface area is 149 Å². The van der Waals surface area contributed by atoms with Crippen molar-refractivity contribution in [3.63, 3.8) is 0 Å². The standard InChI is InChI=1S/C20H25N3O2/c1-4-23(18-11-6-5-7-12-18)20(25)16-9-8-10-17(13-16)21-14-19(24)22-15(2)3/h5-13,15,21H,4,14H2,1-3H3,(H,22,24). The summed E-state index contributed by atoms with van der Waals surface area (Å²) in [4.78, 5) is 26.3. The highest BCUT2D eigenvalue weighted by Gasteiger charge is 2.16. The van der Waals surface area contributed by atoms with Crippen LogP contribution in [-0.4, -0.2) is 30.9 Å². The van der Waals surface area contributed by atoms with E-state index in [9.17, 15) is 9.59 Å².